The van der Waals surface area contributed by atoms with E-state index in [0.29, 0.717) is 5.70 Å². The van der Waals surface area contributed by atoms with Crippen LogP contribution in [0.5, 0.6) is 0 Å². The number of rotatable bonds is 4. The molecule has 1 heterocycles. The summed E-state index contributed by atoms with van der Waals surface area (Å²) in [5.41, 5.74) is 0.404. The van der Waals surface area contributed by atoms with Crippen molar-refractivity contribution in [2.24, 2.45) is 0 Å². The van der Waals surface area contributed by atoms with Crippen LogP contribution in [0.1, 0.15) is 13.8 Å². The van der Waals surface area contributed by atoms with E-state index in [1.807, 2.05) is 6.20 Å². The molecule has 94 valence electrons. The minimum absolute atomic E-state index is 0.262. The van der Waals surface area contributed by atoms with Crippen LogP contribution in [0.25, 0.3) is 0 Å². The van der Waals surface area contributed by atoms with Crippen molar-refractivity contribution in [1.29, 1.82) is 0 Å². The highest BCUT2D eigenvalue weighted by molar-refractivity contribution is 6.11. The van der Waals surface area contributed by atoms with Gasteiger partial charge in [0.2, 0.25) is 0 Å². The van der Waals surface area contributed by atoms with E-state index >= 15 is 0 Å². The minimum atomic E-state index is -0.294. The first-order chi connectivity index (χ1) is 8.02. The molecule has 0 aromatic carbocycles. The monoisotopic (exact) mass is 237 g/mol. The zero-order chi connectivity index (χ0) is 13.0. The number of amides is 3. The van der Waals surface area contributed by atoms with Crippen LogP contribution in [0.2, 0.25) is 0 Å². The molecule has 1 rings (SSSR count). The molecule has 0 spiro atoms. The SMILES string of the molecule is CCN(/C=C/C=C1\C(=O)N(C)C(=O)N1C)CC. The first-order valence-corrected chi connectivity index (χ1v) is 5.71. The largest absolute Gasteiger partial charge is 0.378 e. The molecule has 17 heavy (non-hydrogen) atoms. The molecule has 0 atom stereocenters. The van der Waals surface area contributed by atoms with Crippen molar-refractivity contribution >= 4 is 11.9 Å². The summed E-state index contributed by atoms with van der Waals surface area (Å²) in [5.74, 6) is -0.262. The second kappa shape index (κ2) is 5.52. The van der Waals surface area contributed by atoms with Gasteiger partial charge in [-0.2, -0.15) is 0 Å². The van der Waals surface area contributed by atoms with Crippen LogP contribution < -0.4 is 0 Å². The first kappa shape index (κ1) is 13.3. The van der Waals surface area contributed by atoms with Crippen molar-refractivity contribution in [1.82, 2.24) is 14.7 Å². The maximum atomic E-state index is 11.7. The standard InChI is InChI=1S/C12H19N3O2/c1-5-15(6-2)9-7-8-10-11(16)14(4)12(17)13(10)3/h7-9H,5-6H2,1-4H3/b9-7+,10-8+. The molecule has 0 N–H and O–H groups in total. The van der Waals surface area contributed by atoms with Gasteiger partial charge in [-0.3, -0.25) is 14.6 Å². The van der Waals surface area contributed by atoms with E-state index in [0.717, 1.165) is 18.0 Å². The molecular formula is C12H19N3O2. The Kier molecular flexibility index (Phi) is 4.31. The summed E-state index contributed by atoms with van der Waals surface area (Å²) in [6.45, 7) is 5.95. The first-order valence-electron chi connectivity index (χ1n) is 5.71. The molecule has 1 aliphatic rings. The lowest BCUT2D eigenvalue weighted by molar-refractivity contribution is -0.122. The van der Waals surface area contributed by atoms with Crippen LogP contribution in [-0.4, -0.2) is 53.8 Å². The van der Waals surface area contributed by atoms with Crippen LogP contribution >= 0.6 is 0 Å². The number of carbonyl (C=O) groups excluding carboxylic acids is 2. The summed E-state index contributed by atoms with van der Waals surface area (Å²) in [6.07, 6.45) is 5.38. The highest BCUT2D eigenvalue weighted by Gasteiger charge is 2.35. The molecule has 5 nitrogen and oxygen atoms in total. The third-order valence-corrected chi connectivity index (χ3v) is 2.82. The van der Waals surface area contributed by atoms with Gasteiger partial charge in [-0.25, -0.2) is 4.79 Å². The van der Waals surface area contributed by atoms with E-state index in [4.69, 9.17) is 0 Å². The lowest BCUT2D eigenvalue weighted by Crippen LogP contribution is -2.27. The number of hydrogen-bond donors (Lipinski definition) is 0. The van der Waals surface area contributed by atoms with Crippen molar-refractivity contribution < 1.29 is 9.59 Å². The highest BCUT2D eigenvalue weighted by Crippen LogP contribution is 2.16. The molecule has 0 aliphatic carbocycles. The van der Waals surface area contributed by atoms with Crippen LogP contribution in [0, 0.1) is 0 Å². The van der Waals surface area contributed by atoms with Crippen molar-refractivity contribution in [2.75, 3.05) is 27.2 Å². The Morgan fingerprint density at radius 3 is 2.12 bits per heavy atom. The molecule has 0 bridgehead atoms. The number of hydrogen-bond acceptors (Lipinski definition) is 3. The fraction of sp³-hybridized carbons (Fsp3) is 0.500. The topological polar surface area (TPSA) is 43.9 Å². The van der Waals surface area contributed by atoms with E-state index in [2.05, 4.69) is 18.7 Å². The lowest BCUT2D eigenvalue weighted by atomic mass is 10.3. The third-order valence-electron chi connectivity index (χ3n) is 2.82. The predicted octanol–water partition coefficient (Wildman–Crippen LogP) is 1.25. The smallest absolute Gasteiger partial charge is 0.331 e. The molecule has 3 amide bonds. The fourth-order valence-corrected chi connectivity index (χ4v) is 1.60. The predicted molar refractivity (Wildman–Crippen MR) is 66.1 cm³/mol. The summed E-state index contributed by atoms with van der Waals surface area (Å²) in [4.78, 5) is 27.7. The van der Waals surface area contributed by atoms with Gasteiger partial charge in [0.05, 0.1) is 0 Å². The van der Waals surface area contributed by atoms with E-state index in [1.54, 1.807) is 19.2 Å². The van der Waals surface area contributed by atoms with Gasteiger partial charge in [-0.15, -0.1) is 0 Å². The molecular weight excluding hydrogens is 218 g/mol. The van der Waals surface area contributed by atoms with E-state index in [1.165, 1.54) is 11.9 Å². The Hall–Kier alpha value is -1.78. The Morgan fingerprint density at radius 1 is 1.12 bits per heavy atom. The molecule has 0 saturated carbocycles. The molecule has 5 heteroatoms. The van der Waals surface area contributed by atoms with Gasteiger partial charge < -0.3 is 4.90 Å². The minimum Gasteiger partial charge on any atom is -0.378 e. The van der Waals surface area contributed by atoms with Crippen LogP contribution in [-0.2, 0) is 4.79 Å². The average molecular weight is 237 g/mol. The van der Waals surface area contributed by atoms with Gasteiger partial charge in [-0.1, -0.05) is 0 Å². The molecule has 0 aromatic rings. The number of likely N-dealkylation sites (N-methyl/N-ethyl adjacent to an activating group) is 2. The second-order valence-corrected chi connectivity index (χ2v) is 3.82. The number of urea groups is 1. The van der Waals surface area contributed by atoms with E-state index < -0.39 is 0 Å². The number of carbonyl (C=O) groups is 2. The lowest BCUT2D eigenvalue weighted by Gasteiger charge is -2.14. The molecule has 0 unspecified atom stereocenters. The summed E-state index contributed by atoms with van der Waals surface area (Å²) in [7, 11) is 3.08. The molecule has 0 aromatic heterocycles. The van der Waals surface area contributed by atoms with Gasteiger partial charge in [0.25, 0.3) is 5.91 Å². The Bertz CT molecular complexity index is 370. The van der Waals surface area contributed by atoms with E-state index in [9.17, 15) is 9.59 Å². The quantitative estimate of drug-likeness (QED) is 0.546. The molecule has 0 radical (unpaired) electrons. The highest BCUT2D eigenvalue weighted by atomic mass is 16.2. The summed E-state index contributed by atoms with van der Waals surface area (Å²) < 4.78 is 0. The summed E-state index contributed by atoms with van der Waals surface area (Å²) in [6, 6.07) is -0.294. The zero-order valence-corrected chi connectivity index (χ0v) is 10.8. The van der Waals surface area contributed by atoms with Crippen LogP contribution in [0.15, 0.2) is 24.0 Å². The van der Waals surface area contributed by atoms with E-state index in [-0.39, 0.29) is 11.9 Å². The van der Waals surface area contributed by atoms with Gasteiger partial charge in [0.1, 0.15) is 5.70 Å². The van der Waals surface area contributed by atoms with Gasteiger partial charge >= 0.3 is 6.03 Å². The van der Waals surface area contributed by atoms with Gasteiger partial charge in [0, 0.05) is 27.2 Å². The summed E-state index contributed by atoms with van der Waals surface area (Å²) >= 11 is 0. The maximum Gasteiger partial charge on any atom is 0.331 e. The molecule has 1 fully saturated rings. The Morgan fingerprint density at radius 2 is 1.71 bits per heavy atom. The van der Waals surface area contributed by atoms with Crippen LogP contribution in [0.4, 0.5) is 4.79 Å². The maximum absolute atomic E-state index is 11.7. The Labute approximate surface area is 102 Å². The molecule has 1 aliphatic heterocycles. The van der Waals surface area contributed by atoms with Crippen molar-refractivity contribution in [3.05, 3.63) is 24.0 Å². The van der Waals surface area contributed by atoms with Crippen LogP contribution in [0.3, 0.4) is 0 Å². The van der Waals surface area contributed by atoms with Crippen molar-refractivity contribution in [3.63, 3.8) is 0 Å². The third kappa shape index (κ3) is 2.67. The van der Waals surface area contributed by atoms with Crippen molar-refractivity contribution in [2.45, 2.75) is 13.8 Å². The fourth-order valence-electron chi connectivity index (χ4n) is 1.60. The normalized spacial score (nSPS) is 18.9. The second-order valence-electron chi connectivity index (χ2n) is 3.82. The number of allylic oxidation sites excluding steroid dienone is 2. The Balaban J connectivity index is 2.79. The van der Waals surface area contributed by atoms with Gasteiger partial charge in [-0.05, 0) is 32.2 Å². The average Bonchev–Trinajstić information content (AvgIpc) is 2.51. The number of imide groups is 1. The number of nitrogens with zero attached hydrogens (tertiary/aromatic N) is 3. The van der Waals surface area contributed by atoms with Gasteiger partial charge in [0.15, 0.2) is 0 Å². The zero-order valence-electron chi connectivity index (χ0n) is 10.8. The summed E-state index contributed by atoms with van der Waals surface area (Å²) in [5, 5.41) is 0. The molecule has 1 saturated heterocycles. The van der Waals surface area contributed by atoms with Crippen molar-refractivity contribution in [3.8, 4) is 0 Å².